The summed E-state index contributed by atoms with van der Waals surface area (Å²) in [6, 6.07) is 0. The smallest absolute Gasteiger partial charge is 0.0582 e. The molecule has 0 saturated carbocycles. The summed E-state index contributed by atoms with van der Waals surface area (Å²) < 4.78 is 5.78. The molecule has 2 saturated heterocycles. The fraction of sp³-hybridized carbons (Fsp3) is 1.00. The van der Waals surface area contributed by atoms with Gasteiger partial charge in [-0.05, 0) is 37.5 Å². The summed E-state index contributed by atoms with van der Waals surface area (Å²) in [4.78, 5) is 0. The van der Waals surface area contributed by atoms with Crippen LogP contribution in [0.1, 0.15) is 39.5 Å². The largest absolute Gasteiger partial charge is 0.375 e. The minimum Gasteiger partial charge on any atom is -0.375 e. The number of hydrogen-bond donors (Lipinski definition) is 0. The van der Waals surface area contributed by atoms with Crippen LogP contribution in [-0.2, 0) is 4.74 Å². The van der Waals surface area contributed by atoms with Crippen LogP contribution < -0.4 is 0 Å². The van der Waals surface area contributed by atoms with E-state index in [0.717, 1.165) is 11.8 Å². The summed E-state index contributed by atoms with van der Waals surface area (Å²) in [6.07, 6.45) is 6.56. The second-order valence-electron chi connectivity index (χ2n) is 4.43. The van der Waals surface area contributed by atoms with E-state index in [1.54, 1.807) is 0 Å². The van der Waals surface area contributed by atoms with Crippen LogP contribution in [0.2, 0.25) is 0 Å². The molecule has 2 aliphatic heterocycles. The molecule has 2 bridgehead atoms. The lowest BCUT2D eigenvalue weighted by atomic mass is 9.86. The number of fused-ring (bicyclic) bond motifs is 2. The van der Waals surface area contributed by atoms with Crippen LogP contribution >= 0.6 is 0 Å². The minimum atomic E-state index is 0.626. The first kappa shape index (κ1) is 7.60. The number of ether oxygens (including phenoxy) is 1. The Morgan fingerprint density at radius 3 is 2.09 bits per heavy atom. The van der Waals surface area contributed by atoms with Gasteiger partial charge in [0.25, 0.3) is 0 Å². The standard InChI is InChI=1S/C10H18O/c1-7(2)8-5-9-3-4-10(6-8)11-9/h7-10H,3-6H2,1-2H3/t8-,9-,10+. The molecule has 0 aromatic rings. The lowest BCUT2D eigenvalue weighted by molar-refractivity contribution is -0.0290. The SMILES string of the molecule is CC(C)[C@@H]1C[C@H]2CC[C@@H](C1)O2. The Balaban J connectivity index is 1.97. The summed E-state index contributed by atoms with van der Waals surface area (Å²) in [5.41, 5.74) is 0. The summed E-state index contributed by atoms with van der Waals surface area (Å²) >= 11 is 0. The van der Waals surface area contributed by atoms with Gasteiger partial charge in [0.2, 0.25) is 0 Å². The fourth-order valence-corrected chi connectivity index (χ4v) is 2.44. The molecule has 2 fully saturated rings. The molecule has 0 spiro atoms. The lowest BCUT2D eigenvalue weighted by Crippen LogP contribution is -2.27. The van der Waals surface area contributed by atoms with Crippen molar-refractivity contribution >= 4 is 0 Å². The van der Waals surface area contributed by atoms with E-state index in [1.807, 2.05) is 0 Å². The van der Waals surface area contributed by atoms with Crippen LogP contribution in [-0.4, -0.2) is 12.2 Å². The molecule has 2 rings (SSSR count). The van der Waals surface area contributed by atoms with Crippen LogP contribution in [0.5, 0.6) is 0 Å². The zero-order chi connectivity index (χ0) is 7.84. The molecule has 1 nitrogen and oxygen atoms in total. The van der Waals surface area contributed by atoms with Gasteiger partial charge < -0.3 is 4.74 Å². The normalized spacial score (nSPS) is 43.4. The molecule has 3 atom stereocenters. The maximum absolute atomic E-state index is 5.78. The first-order valence-electron chi connectivity index (χ1n) is 4.91. The average molecular weight is 154 g/mol. The second kappa shape index (κ2) is 2.78. The Kier molecular flexibility index (Phi) is 1.92. The van der Waals surface area contributed by atoms with E-state index in [4.69, 9.17) is 4.74 Å². The summed E-state index contributed by atoms with van der Waals surface area (Å²) in [5, 5.41) is 0. The Labute approximate surface area is 69.1 Å². The van der Waals surface area contributed by atoms with E-state index >= 15 is 0 Å². The van der Waals surface area contributed by atoms with E-state index in [0.29, 0.717) is 12.2 Å². The molecule has 64 valence electrons. The first-order valence-corrected chi connectivity index (χ1v) is 4.91. The van der Waals surface area contributed by atoms with E-state index < -0.39 is 0 Å². The van der Waals surface area contributed by atoms with Crippen LogP contribution in [0.4, 0.5) is 0 Å². The average Bonchev–Trinajstić information content (AvgIpc) is 2.30. The van der Waals surface area contributed by atoms with Gasteiger partial charge in [0.15, 0.2) is 0 Å². The monoisotopic (exact) mass is 154 g/mol. The molecular formula is C10H18O. The van der Waals surface area contributed by atoms with Gasteiger partial charge in [0, 0.05) is 0 Å². The maximum atomic E-state index is 5.78. The molecule has 0 aromatic heterocycles. The maximum Gasteiger partial charge on any atom is 0.0582 e. The van der Waals surface area contributed by atoms with Gasteiger partial charge >= 0.3 is 0 Å². The first-order chi connectivity index (χ1) is 5.25. The van der Waals surface area contributed by atoms with Gasteiger partial charge in [0.05, 0.1) is 12.2 Å². The lowest BCUT2D eigenvalue weighted by Gasteiger charge is -2.30. The van der Waals surface area contributed by atoms with Crippen molar-refractivity contribution in [2.45, 2.75) is 51.7 Å². The molecule has 2 heterocycles. The molecule has 2 aliphatic rings. The molecule has 0 unspecified atom stereocenters. The topological polar surface area (TPSA) is 9.23 Å². The summed E-state index contributed by atoms with van der Waals surface area (Å²) in [5.74, 6) is 1.81. The van der Waals surface area contributed by atoms with Crippen molar-refractivity contribution in [3.8, 4) is 0 Å². The van der Waals surface area contributed by atoms with E-state index in [2.05, 4.69) is 13.8 Å². The highest BCUT2D eigenvalue weighted by molar-refractivity contribution is 4.85. The third kappa shape index (κ3) is 1.44. The zero-order valence-electron chi connectivity index (χ0n) is 7.55. The van der Waals surface area contributed by atoms with Crippen molar-refractivity contribution in [2.24, 2.45) is 11.8 Å². The zero-order valence-corrected chi connectivity index (χ0v) is 7.55. The van der Waals surface area contributed by atoms with Crippen LogP contribution in [0, 0.1) is 11.8 Å². The Morgan fingerprint density at radius 1 is 1.09 bits per heavy atom. The molecule has 0 aromatic carbocycles. The van der Waals surface area contributed by atoms with Crippen LogP contribution in [0.15, 0.2) is 0 Å². The van der Waals surface area contributed by atoms with Gasteiger partial charge in [0.1, 0.15) is 0 Å². The Bertz CT molecular complexity index is 130. The van der Waals surface area contributed by atoms with Gasteiger partial charge in [-0.3, -0.25) is 0 Å². The van der Waals surface area contributed by atoms with Crippen molar-refractivity contribution in [2.75, 3.05) is 0 Å². The second-order valence-corrected chi connectivity index (χ2v) is 4.43. The van der Waals surface area contributed by atoms with Crippen molar-refractivity contribution in [3.05, 3.63) is 0 Å². The number of rotatable bonds is 1. The van der Waals surface area contributed by atoms with Crippen molar-refractivity contribution in [1.29, 1.82) is 0 Å². The molecule has 11 heavy (non-hydrogen) atoms. The van der Waals surface area contributed by atoms with Gasteiger partial charge in [-0.1, -0.05) is 13.8 Å². The van der Waals surface area contributed by atoms with Crippen molar-refractivity contribution < 1.29 is 4.74 Å². The predicted molar refractivity (Wildman–Crippen MR) is 45.5 cm³/mol. The molecule has 0 radical (unpaired) electrons. The third-order valence-electron chi connectivity index (χ3n) is 3.27. The number of hydrogen-bond acceptors (Lipinski definition) is 1. The Morgan fingerprint density at radius 2 is 1.64 bits per heavy atom. The molecule has 0 amide bonds. The highest BCUT2D eigenvalue weighted by Gasteiger charge is 2.35. The van der Waals surface area contributed by atoms with Crippen molar-refractivity contribution in [3.63, 3.8) is 0 Å². The van der Waals surface area contributed by atoms with Gasteiger partial charge in [-0.25, -0.2) is 0 Å². The van der Waals surface area contributed by atoms with Crippen molar-refractivity contribution in [1.82, 2.24) is 0 Å². The highest BCUT2D eigenvalue weighted by atomic mass is 16.5. The van der Waals surface area contributed by atoms with Gasteiger partial charge in [-0.2, -0.15) is 0 Å². The van der Waals surface area contributed by atoms with Gasteiger partial charge in [-0.15, -0.1) is 0 Å². The predicted octanol–water partition coefficient (Wildman–Crippen LogP) is 2.60. The molecular weight excluding hydrogens is 136 g/mol. The minimum absolute atomic E-state index is 0.626. The summed E-state index contributed by atoms with van der Waals surface area (Å²) in [7, 11) is 0. The summed E-state index contributed by atoms with van der Waals surface area (Å²) in [6.45, 7) is 4.69. The molecule has 0 N–H and O–H groups in total. The quantitative estimate of drug-likeness (QED) is 0.564. The van der Waals surface area contributed by atoms with Crippen LogP contribution in [0.25, 0.3) is 0 Å². The van der Waals surface area contributed by atoms with E-state index in [-0.39, 0.29) is 0 Å². The fourth-order valence-electron chi connectivity index (χ4n) is 2.44. The van der Waals surface area contributed by atoms with E-state index in [9.17, 15) is 0 Å². The molecule has 0 aliphatic carbocycles. The Hall–Kier alpha value is -0.0400. The van der Waals surface area contributed by atoms with E-state index in [1.165, 1.54) is 25.7 Å². The van der Waals surface area contributed by atoms with Crippen LogP contribution in [0.3, 0.4) is 0 Å². The third-order valence-corrected chi connectivity index (χ3v) is 3.27. The molecule has 1 heteroatoms. The highest BCUT2D eigenvalue weighted by Crippen LogP contribution is 2.38.